The van der Waals surface area contributed by atoms with E-state index in [9.17, 15) is 5.11 Å². The second-order valence-electron chi connectivity index (χ2n) is 4.51. The first-order chi connectivity index (χ1) is 8.22. The number of pyridine rings is 1. The molecule has 0 unspecified atom stereocenters. The molecule has 94 valence electrons. The van der Waals surface area contributed by atoms with E-state index in [0.29, 0.717) is 0 Å². The van der Waals surface area contributed by atoms with Crippen molar-refractivity contribution in [3.63, 3.8) is 0 Å². The molecule has 1 saturated heterocycles. The van der Waals surface area contributed by atoms with Crippen LogP contribution in [0.5, 0.6) is 0 Å². The quantitative estimate of drug-likeness (QED) is 0.827. The maximum atomic E-state index is 9.85. The largest absolute Gasteiger partial charge is 0.388 e. The molecule has 0 bridgehead atoms. The number of aliphatic hydroxyl groups excluding tert-OH is 1. The molecule has 2 rings (SSSR count). The molecule has 2 heterocycles. The third kappa shape index (κ3) is 2.76. The summed E-state index contributed by atoms with van der Waals surface area (Å²) in [6.45, 7) is 7.98. The zero-order valence-corrected chi connectivity index (χ0v) is 10.6. The highest BCUT2D eigenvalue weighted by molar-refractivity contribution is 5.42. The Labute approximate surface area is 103 Å². The summed E-state index contributed by atoms with van der Waals surface area (Å²) in [6.07, 6.45) is 0.342. The van der Waals surface area contributed by atoms with Crippen LogP contribution in [0.3, 0.4) is 0 Å². The van der Waals surface area contributed by atoms with E-state index < -0.39 is 0 Å². The van der Waals surface area contributed by atoms with E-state index in [0.717, 1.165) is 49.7 Å². The fourth-order valence-corrected chi connectivity index (χ4v) is 2.20. The van der Waals surface area contributed by atoms with Crippen LogP contribution < -0.4 is 10.2 Å². The van der Waals surface area contributed by atoms with Crippen LogP contribution in [0.25, 0.3) is 0 Å². The number of aromatic nitrogens is 1. The van der Waals surface area contributed by atoms with E-state index >= 15 is 0 Å². The standard InChI is InChI=1S/C13H21N3O/c1-3-12(17)11-4-5-13(15-10(11)2)16-8-6-14-7-9-16/h4-5,12,14,17H,3,6-9H2,1-2H3/t12-/m0/s1. The van der Waals surface area contributed by atoms with Crippen LogP contribution in [0.2, 0.25) is 0 Å². The summed E-state index contributed by atoms with van der Waals surface area (Å²) in [7, 11) is 0. The van der Waals surface area contributed by atoms with Crippen molar-refractivity contribution in [1.29, 1.82) is 0 Å². The second kappa shape index (κ2) is 5.47. The summed E-state index contributed by atoms with van der Waals surface area (Å²) < 4.78 is 0. The molecule has 1 aliphatic heterocycles. The van der Waals surface area contributed by atoms with Gasteiger partial charge in [-0.2, -0.15) is 0 Å². The van der Waals surface area contributed by atoms with Crippen LogP contribution in [-0.4, -0.2) is 36.3 Å². The minimum absolute atomic E-state index is 0.389. The lowest BCUT2D eigenvalue weighted by molar-refractivity contribution is 0.172. The SMILES string of the molecule is CC[C@H](O)c1ccc(N2CCNCC2)nc1C. The molecular formula is C13H21N3O. The average Bonchev–Trinajstić information content (AvgIpc) is 2.39. The molecule has 17 heavy (non-hydrogen) atoms. The lowest BCUT2D eigenvalue weighted by Crippen LogP contribution is -2.43. The normalized spacial score (nSPS) is 18.2. The molecule has 0 radical (unpaired) electrons. The van der Waals surface area contributed by atoms with Crippen LogP contribution >= 0.6 is 0 Å². The van der Waals surface area contributed by atoms with Crippen molar-refractivity contribution in [2.45, 2.75) is 26.4 Å². The molecule has 0 aromatic carbocycles. The molecule has 2 N–H and O–H groups in total. The van der Waals surface area contributed by atoms with Crippen molar-refractivity contribution < 1.29 is 5.11 Å². The number of aliphatic hydroxyl groups is 1. The van der Waals surface area contributed by atoms with Gasteiger partial charge in [0.05, 0.1) is 6.10 Å². The van der Waals surface area contributed by atoms with E-state index in [1.165, 1.54) is 0 Å². The number of anilines is 1. The van der Waals surface area contributed by atoms with Crippen molar-refractivity contribution >= 4 is 5.82 Å². The minimum Gasteiger partial charge on any atom is -0.388 e. The highest BCUT2D eigenvalue weighted by Crippen LogP contribution is 2.22. The number of nitrogens with one attached hydrogen (secondary N) is 1. The van der Waals surface area contributed by atoms with E-state index in [1.54, 1.807) is 0 Å². The maximum Gasteiger partial charge on any atom is 0.128 e. The summed E-state index contributed by atoms with van der Waals surface area (Å²) in [5.41, 5.74) is 1.89. The average molecular weight is 235 g/mol. The second-order valence-corrected chi connectivity index (χ2v) is 4.51. The van der Waals surface area contributed by atoms with Crippen LogP contribution in [-0.2, 0) is 0 Å². The molecule has 4 nitrogen and oxygen atoms in total. The van der Waals surface area contributed by atoms with Gasteiger partial charge in [0.25, 0.3) is 0 Å². The molecule has 0 amide bonds. The van der Waals surface area contributed by atoms with Gasteiger partial charge in [-0.25, -0.2) is 4.98 Å². The Hall–Kier alpha value is -1.13. The molecule has 1 atom stereocenters. The first-order valence-electron chi connectivity index (χ1n) is 6.33. The monoisotopic (exact) mass is 235 g/mol. The Morgan fingerprint density at radius 1 is 1.41 bits per heavy atom. The van der Waals surface area contributed by atoms with Crippen LogP contribution in [0.15, 0.2) is 12.1 Å². The molecule has 1 fully saturated rings. The molecule has 0 saturated carbocycles. The number of hydrogen-bond donors (Lipinski definition) is 2. The number of nitrogens with zero attached hydrogens (tertiary/aromatic N) is 2. The van der Waals surface area contributed by atoms with E-state index in [2.05, 4.69) is 15.2 Å². The van der Waals surface area contributed by atoms with Crippen LogP contribution in [0, 0.1) is 6.92 Å². The van der Waals surface area contributed by atoms with Gasteiger partial charge in [-0.05, 0) is 19.4 Å². The van der Waals surface area contributed by atoms with Crippen LogP contribution in [0.4, 0.5) is 5.82 Å². The number of piperazine rings is 1. The highest BCUT2D eigenvalue weighted by Gasteiger charge is 2.14. The van der Waals surface area contributed by atoms with Crippen molar-refractivity contribution in [3.05, 3.63) is 23.4 Å². The van der Waals surface area contributed by atoms with Gasteiger partial charge in [0.2, 0.25) is 0 Å². The fourth-order valence-electron chi connectivity index (χ4n) is 2.20. The molecule has 0 aliphatic carbocycles. The summed E-state index contributed by atoms with van der Waals surface area (Å²) in [6, 6.07) is 4.03. The number of rotatable bonds is 3. The van der Waals surface area contributed by atoms with Crippen molar-refractivity contribution in [2.75, 3.05) is 31.1 Å². The van der Waals surface area contributed by atoms with Gasteiger partial charge >= 0.3 is 0 Å². The maximum absolute atomic E-state index is 9.85. The topological polar surface area (TPSA) is 48.4 Å². The van der Waals surface area contributed by atoms with Gasteiger partial charge in [0.1, 0.15) is 5.82 Å². The van der Waals surface area contributed by atoms with E-state index in [1.807, 2.05) is 26.0 Å². The first-order valence-corrected chi connectivity index (χ1v) is 6.33. The molecule has 1 aromatic heterocycles. The van der Waals surface area contributed by atoms with Crippen molar-refractivity contribution in [1.82, 2.24) is 10.3 Å². The Morgan fingerprint density at radius 2 is 2.12 bits per heavy atom. The Bertz CT molecular complexity index is 375. The number of aryl methyl sites for hydroxylation is 1. The Morgan fingerprint density at radius 3 is 2.71 bits per heavy atom. The summed E-state index contributed by atoms with van der Waals surface area (Å²) in [4.78, 5) is 6.89. The lowest BCUT2D eigenvalue weighted by Gasteiger charge is -2.29. The van der Waals surface area contributed by atoms with Crippen LogP contribution in [0.1, 0.15) is 30.7 Å². The molecule has 0 spiro atoms. The van der Waals surface area contributed by atoms with Gasteiger partial charge in [-0.3, -0.25) is 0 Å². The van der Waals surface area contributed by atoms with Gasteiger partial charge in [-0.1, -0.05) is 13.0 Å². The molecule has 1 aromatic rings. The smallest absolute Gasteiger partial charge is 0.128 e. The van der Waals surface area contributed by atoms with Gasteiger partial charge < -0.3 is 15.3 Å². The van der Waals surface area contributed by atoms with Gasteiger partial charge in [0, 0.05) is 37.4 Å². The molecular weight excluding hydrogens is 214 g/mol. The van der Waals surface area contributed by atoms with Gasteiger partial charge in [0.15, 0.2) is 0 Å². The highest BCUT2D eigenvalue weighted by atomic mass is 16.3. The third-order valence-electron chi connectivity index (χ3n) is 3.30. The summed E-state index contributed by atoms with van der Waals surface area (Å²) >= 11 is 0. The predicted molar refractivity (Wildman–Crippen MR) is 69.3 cm³/mol. The fraction of sp³-hybridized carbons (Fsp3) is 0.615. The summed E-state index contributed by atoms with van der Waals surface area (Å²) in [5, 5.41) is 13.2. The Kier molecular flexibility index (Phi) is 3.97. The zero-order chi connectivity index (χ0) is 12.3. The zero-order valence-electron chi connectivity index (χ0n) is 10.6. The Balaban J connectivity index is 2.17. The van der Waals surface area contributed by atoms with Crippen molar-refractivity contribution in [3.8, 4) is 0 Å². The predicted octanol–water partition coefficient (Wildman–Crippen LogP) is 1.24. The first kappa shape index (κ1) is 12.3. The third-order valence-corrected chi connectivity index (χ3v) is 3.30. The van der Waals surface area contributed by atoms with E-state index in [4.69, 9.17) is 0 Å². The molecule has 4 heteroatoms. The minimum atomic E-state index is -0.389. The number of hydrogen-bond acceptors (Lipinski definition) is 4. The van der Waals surface area contributed by atoms with Gasteiger partial charge in [-0.15, -0.1) is 0 Å². The van der Waals surface area contributed by atoms with E-state index in [-0.39, 0.29) is 6.10 Å². The molecule has 1 aliphatic rings. The van der Waals surface area contributed by atoms with Crippen molar-refractivity contribution in [2.24, 2.45) is 0 Å². The summed E-state index contributed by atoms with van der Waals surface area (Å²) in [5.74, 6) is 1.02. The lowest BCUT2D eigenvalue weighted by atomic mass is 10.1.